The Balaban J connectivity index is 2.61. The zero-order valence-electron chi connectivity index (χ0n) is 14.9. The van der Waals surface area contributed by atoms with E-state index in [0.29, 0.717) is 31.2 Å². The third-order valence-electron chi connectivity index (χ3n) is 3.62. The van der Waals surface area contributed by atoms with Crippen molar-refractivity contribution in [1.29, 1.82) is 0 Å². The molecule has 0 saturated carbocycles. The number of nitrogens with one attached hydrogen (secondary N) is 1. The quantitative estimate of drug-likeness (QED) is 0.768. The Hall–Kier alpha value is -1.75. The summed E-state index contributed by atoms with van der Waals surface area (Å²) >= 11 is 0. The smallest absolute Gasteiger partial charge is 0.321 e. The standard InChI is InChI=1S/C18H30N2O3/c1-13(2)9-11-23-17-12-16(7-6-14(17)3)19-18(22)20(5)10-8-15(4)21/h6-7,12-13,15,21H,8-11H2,1-5H3,(H,19,22). The molecule has 130 valence electrons. The van der Waals surface area contributed by atoms with Gasteiger partial charge in [-0.25, -0.2) is 4.79 Å². The van der Waals surface area contributed by atoms with Crippen molar-refractivity contribution in [1.82, 2.24) is 4.90 Å². The van der Waals surface area contributed by atoms with E-state index in [2.05, 4.69) is 19.2 Å². The monoisotopic (exact) mass is 322 g/mol. The number of amides is 2. The Bertz CT molecular complexity index is 501. The highest BCUT2D eigenvalue weighted by atomic mass is 16.5. The van der Waals surface area contributed by atoms with Crippen molar-refractivity contribution >= 4 is 11.7 Å². The van der Waals surface area contributed by atoms with Gasteiger partial charge < -0.3 is 20.1 Å². The molecule has 0 radical (unpaired) electrons. The molecule has 1 aromatic carbocycles. The van der Waals surface area contributed by atoms with Crippen molar-refractivity contribution in [3.05, 3.63) is 23.8 Å². The van der Waals surface area contributed by atoms with E-state index in [1.54, 1.807) is 18.9 Å². The third-order valence-corrected chi connectivity index (χ3v) is 3.62. The number of hydrogen-bond donors (Lipinski definition) is 2. The number of nitrogens with zero attached hydrogens (tertiary/aromatic N) is 1. The molecule has 1 rings (SSSR count). The molecule has 0 aromatic heterocycles. The fourth-order valence-electron chi connectivity index (χ4n) is 1.94. The summed E-state index contributed by atoms with van der Waals surface area (Å²) in [7, 11) is 1.71. The number of carbonyl (C=O) groups is 1. The minimum Gasteiger partial charge on any atom is -0.493 e. The zero-order chi connectivity index (χ0) is 17.4. The summed E-state index contributed by atoms with van der Waals surface area (Å²) in [6.45, 7) is 9.21. The summed E-state index contributed by atoms with van der Waals surface area (Å²) < 4.78 is 5.81. The van der Waals surface area contributed by atoms with Crippen LogP contribution in [-0.4, -0.2) is 42.3 Å². The fourth-order valence-corrected chi connectivity index (χ4v) is 1.94. The van der Waals surface area contributed by atoms with E-state index in [9.17, 15) is 9.90 Å². The van der Waals surface area contributed by atoms with Gasteiger partial charge in [0, 0.05) is 25.3 Å². The average molecular weight is 322 g/mol. The molecular formula is C18H30N2O3. The first-order valence-electron chi connectivity index (χ1n) is 8.23. The van der Waals surface area contributed by atoms with Crippen LogP contribution in [0.5, 0.6) is 5.75 Å². The van der Waals surface area contributed by atoms with Gasteiger partial charge in [-0.05, 0) is 44.2 Å². The summed E-state index contributed by atoms with van der Waals surface area (Å²) in [5.41, 5.74) is 1.76. The highest BCUT2D eigenvalue weighted by molar-refractivity contribution is 5.89. The molecule has 0 spiro atoms. The topological polar surface area (TPSA) is 61.8 Å². The van der Waals surface area contributed by atoms with Gasteiger partial charge in [0.2, 0.25) is 0 Å². The van der Waals surface area contributed by atoms with E-state index >= 15 is 0 Å². The first-order chi connectivity index (χ1) is 10.8. The second kappa shape index (κ2) is 9.40. The van der Waals surface area contributed by atoms with Gasteiger partial charge >= 0.3 is 6.03 Å². The Morgan fingerprint density at radius 2 is 2.00 bits per heavy atom. The highest BCUT2D eigenvalue weighted by Gasteiger charge is 2.11. The van der Waals surface area contributed by atoms with E-state index in [1.807, 2.05) is 25.1 Å². The Morgan fingerprint density at radius 3 is 2.61 bits per heavy atom. The molecular weight excluding hydrogens is 292 g/mol. The number of aliphatic hydroxyl groups is 1. The number of urea groups is 1. The zero-order valence-corrected chi connectivity index (χ0v) is 14.9. The minimum atomic E-state index is -0.411. The molecule has 1 atom stereocenters. The van der Waals surface area contributed by atoms with Crippen LogP contribution in [0.25, 0.3) is 0 Å². The SMILES string of the molecule is Cc1ccc(NC(=O)N(C)CCC(C)O)cc1OCCC(C)C. The van der Waals surface area contributed by atoms with Gasteiger partial charge in [-0.3, -0.25) is 0 Å². The number of aliphatic hydroxyl groups excluding tert-OH is 1. The van der Waals surface area contributed by atoms with Gasteiger partial charge in [0.05, 0.1) is 12.7 Å². The summed E-state index contributed by atoms with van der Waals surface area (Å²) in [6, 6.07) is 5.47. The van der Waals surface area contributed by atoms with Gasteiger partial charge in [-0.15, -0.1) is 0 Å². The lowest BCUT2D eigenvalue weighted by Gasteiger charge is -2.19. The first-order valence-corrected chi connectivity index (χ1v) is 8.23. The van der Waals surface area contributed by atoms with Crippen LogP contribution in [0.1, 0.15) is 39.2 Å². The lowest BCUT2D eigenvalue weighted by molar-refractivity contribution is 0.167. The predicted molar refractivity (Wildman–Crippen MR) is 94.1 cm³/mol. The normalized spacial score (nSPS) is 12.1. The van der Waals surface area contributed by atoms with Crippen LogP contribution in [0, 0.1) is 12.8 Å². The van der Waals surface area contributed by atoms with E-state index in [4.69, 9.17) is 4.74 Å². The molecule has 2 amide bonds. The Morgan fingerprint density at radius 1 is 1.30 bits per heavy atom. The van der Waals surface area contributed by atoms with E-state index in [0.717, 1.165) is 17.7 Å². The van der Waals surface area contributed by atoms with E-state index in [-0.39, 0.29) is 6.03 Å². The largest absolute Gasteiger partial charge is 0.493 e. The Labute approximate surface area is 139 Å². The van der Waals surface area contributed by atoms with Crippen LogP contribution >= 0.6 is 0 Å². The molecule has 1 aromatic rings. The Kier molecular flexibility index (Phi) is 7.89. The molecule has 0 fully saturated rings. The van der Waals surface area contributed by atoms with Gasteiger partial charge in [0.25, 0.3) is 0 Å². The molecule has 0 aliphatic heterocycles. The predicted octanol–water partition coefficient (Wildman–Crippen LogP) is 3.65. The van der Waals surface area contributed by atoms with Crippen molar-refractivity contribution in [2.75, 3.05) is 25.5 Å². The van der Waals surface area contributed by atoms with Crippen molar-refractivity contribution in [2.24, 2.45) is 5.92 Å². The van der Waals surface area contributed by atoms with Crippen molar-refractivity contribution in [2.45, 2.75) is 46.6 Å². The maximum atomic E-state index is 12.1. The molecule has 0 aliphatic rings. The van der Waals surface area contributed by atoms with Crippen LogP contribution in [0.15, 0.2) is 18.2 Å². The summed E-state index contributed by atoms with van der Waals surface area (Å²) in [6.07, 6.45) is 1.14. The number of ether oxygens (including phenoxy) is 1. The van der Waals surface area contributed by atoms with E-state index in [1.165, 1.54) is 0 Å². The summed E-state index contributed by atoms with van der Waals surface area (Å²) in [5, 5.41) is 12.1. The number of anilines is 1. The van der Waals surface area contributed by atoms with Crippen LogP contribution < -0.4 is 10.1 Å². The molecule has 5 nitrogen and oxygen atoms in total. The second-order valence-electron chi connectivity index (χ2n) is 6.50. The van der Waals surface area contributed by atoms with Crippen LogP contribution in [0.3, 0.4) is 0 Å². The molecule has 23 heavy (non-hydrogen) atoms. The fraction of sp³-hybridized carbons (Fsp3) is 0.611. The average Bonchev–Trinajstić information content (AvgIpc) is 2.47. The highest BCUT2D eigenvalue weighted by Crippen LogP contribution is 2.23. The lowest BCUT2D eigenvalue weighted by Crippen LogP contribution is -2.33. The van der Waals surface area contributed by atoms with Crippen molar-refractivity contribution < 1.29 is 14.6 Å². The van der Waals surface area contributed by atoms with E-state index < -0.39 is 6.10 Å². The van der Waals surface area contributed by atoms with Crippen LogP contribution in [0.2, 0.25) is 0 Å². The number of carbonyl (C=O) groups excluding carboxylic acids is 1. The maximum Gasteiger partial charge on any atom is 0.321 e. The number of rotatable bonds is 8. The number of benzene rings is 1. The van der Waals surface area contributed by atoms with Crippen molar-refractivity contribution in [3.63, 3.8) is 0 Å². The molecule has 0 aliphatic carbocycles. The van der Waals surface area contributed by atoms with Gasteiger partial charge in [-0.2, -0.15) is 0 Å². The number of aryl methyl sites for hydroxylation is 1. The minimum absolute atomic E-state index is 0.192. The number of hydrogen-bond acceptors (Lipinski definition) is 3. The molecule has 0 heterocycles. The van der Waals surface area contributed by atoms with Gasteiger partial charge in [0.15, 0.2) is 0 Å². The molecule has 2 N–H and O–H groups in total. The summed E-state index contributed by atoms with van der Waals surface area (Å²) in [5.74, 6) is 1.40. The van der Waals surface area contributed by atoms with Gasteiger partial charge in [-0.1, -0.05) is 19.9 Å². The van der Waals surface area contributed by atoms with Crippen LogP contribution in [0.4, 0.5) is 10.5 Å². The van der Waals surface area contributed by atoms with Gasteiger partial charge in [0.1, 0.15) is 5.75 Å². The van der Waals surface area contributed by atoms with Crippen molar-refractivity contribution in [3.8, 4) is 5.75 Å². The third kappa shape index (κ3) is 7.37. The molecule has 1 unspecified atom stereocenters. The maximum absolute atomic E-state index is 12.1. The lowest BCUT2D eigenvalue weighted by atomic mass is 10.1. The second-order valence-corrected chi connectivity index (χ2v) is 6.50. The first kappa shape index (κ1) is 19.3. The van der Waals surface area contributed by atoms with Crippen LogP contribution in [-0.2, 0) is 0 Å². The molecule has 5 heteroatoms. The summed E-state index contributed by atoms with van der Waals surface area (Å²) in [4.78, 5) is 13.7. The molecule has 0 bridgehead atoms. The molecule has 0 saturated heterocycles.